The van der Waals surface area contributed by atoms with Crippen molar-refractivity contribution < 1.29 is 4.79 Å². The number of amides is 1. The van der Waals surface area contributed by atoms with Crippen LogP contribution in [0.4, 0.5) is 0 Å². The minimum Gasteiger partial charge on any atom is -0.356 e. The Bertz CT molecular complexity index is 946. The van der Waals surface area contributed by atoms with Crippen molar-refractivity contribution in [1.82, 2.24) is 14.7 Å². The van der Waals surface area contributed by atoms with Gasteiger partial charge in [-0.15, -0.1) is 0 Å². The minimum atomic E-state index is 0.0221. The Kier molecular flexibility index (Phi) is 4.68. The molecule has 3 aromatic rings. The molecule has 1 aliphatic carbocycles. The highest BCUT2D eigenvalue weighted by Gasteiger charge is 2.27. The van der Waals surface area contributed by atoms with Gasteiger partial charge in [-0.1, -0.05) is 23.7 Å². The number of benzene rings is 1. The molecule has 5 heteroatoms. The molecule has 0 bridgehead atoms. The van der Waals surface area contributed by atoms with E-state index in [9.17, 15) is 4.79 Å². The zero-order valence-corrected chi connectivity index (χ0v) is 15.6. The predicted octanol–water partition coefficient (Wildman–Crippen LogP) is 3.76. The first-order chi connectivity index (χ1) is 12.6. The van der Waals surface area contributed by atoms with Gasteiger partial charge in [0, 0.05) is 35.8 Å². The van der Waals surface area contributed by atoms with Crippen LogP contribution in [-0.2, 0) is 24.1 Å². The van der Waals surface area contributed by atoms with Crippen molar-refractivity contribution in [3.63, 3.8) is 0 Å². The van der Waals surface area contributed by atoms with E-state index in [0.717, 1.165) is 42.0 Å². The van der Waals surface area contributed by atoms with Gasteiger partial charge in [0.1, 0.15) is 5.65 Å². The molecule has 0 radical (unpaired) electrons. The summed E-state index contributed by atoms with van der Waals surface area (Å²) in [6.07, 6.45) is 5.37. The maximum absolute atomic E-state index is 12.6. The summed E-state index contributed by atoms with van der Waals surface area (Å²) in [6, 6.07) is 12.0. The maximum Gasteiger partial charge on any atom is 0.223 e. The standard InChI is InChI=1S/C21H22ClN3O/c1-14-9-11-25-19-13-16(4-7-18(19)24-20(25)12-14)21(26)23-10-8-15-2-5-17(22)6-3-15/h2-3,5-6,9,11-12,16H,4,7-8,10,13H2,1H3,(H,23,26). The Morgan fingerprint density at radius 1 is 1.31 bits per heavy atom. The van der Waals surface area contributed by atoms with Crippen LogP contribution in [0.25, 0.3) is 5.65 Å². The lowest BCUT2D eigenvalue weighted by atomic mass is 9.89. The van der Waals surface area contributed by atoms with Crippen molar-refractivity contribution in [2.24, 2.45) is 5.92 Å². The summed E-state index contributed by atoms with van der Waals surface area (Å²) in [5.74, 6) is 0.167. The fourth-order valence-electron chi connectivity index (χ4n) is 3.66. The number of fused-ring (bicyclic) bond motifs is 3. The minimum absolute atomic E-state index is 0.0221. The summed E-state index contributed by atoms with van der Waals surface area (Å²) in [5.41, 5.74) is 5.69. The number of hydrogen-bond donors (Lipinski definition) is 1. The molecule has 2 heterocycles. The number of aryl methyl sites for hydroxylation is 2. The molecule has 4 nitrogen and oxygen atoms in total. The molecule has 26 heavy (non-hydrogen) atoms. The number of halogens is 1. The third-order valence-corrected chi connectivity index (χ3v) is 5.38. The fourth-order valence-corrected chi connectivity index (χ4v) is 3.78. The van der Waals surface area contributed by atoms with Crippen LogP contribution in [0.15, 0.2) is 42.6 Å². The second kappa shape index (κ2) is 7.12. The second-order valence-electron chi connectivity index (χ2n) is 7.04. The molecular weight excluding hydrogens is 346 g/mol. The molecule has 2 aromatic heterocycles. The zero-order valence-electron chi connectivity index (χ0n) is 14.8. The lowest BCUT2D eigenvalue weighted by Crippen LogP contribution is -2.35. The molecule has 1 aliphatic rings. The molecule has 1 unspecified atom stereocenters. The average Bonchev–Trinajstić information content (AvgIpc) is 2.99. The van der Waals surface area contributed by atoms with E-state index in [1.54, 1.807) is 0 Å². The first-order valence-corrected chi connectivity index (χ1v) is 9.46. The van der Waals surface area contributed by atoms with Crippen LogP contribution in [0.3, 0.4) is 0 Å². The quantitative estimate of drug-likeness (QED) is 0.763. The molecule has 0 fully saturated rings. The molecule has 134 valence electrons. The third-order valence-electron chi connectivity index (χ3n) is 5.13. The van der Waals surface area contributed by atoms with Crippen LogP contribution in [0.2, 0.25) is 5.02 Å². The highest BCUT2D eigenvalue weighted by molar-refractivity contribution is 6.30. The van der Waals surface area contributed by atoms with Gasteiger partial charge in [-0.2, -0.15) is 0 Å². The third kappa shape index (κ3) is 3.47. The van der Waals surface area contributed by atoms with Crippen LogP contribution in [0.5, 0.6) is 0 Å². The van der Waals surface area contributed by atoms with Crippen molar-refractivity contribution in [3.05, 3.63) is 70.1 Å². The number of nitrogens with one attached hydrogen (secondary N) is 1. The summed E-state index contributed by atoms with van der Waals surface area (Å²) in [7, 11) is 0. The summed E-state index contributed by atoms with van der Waals surface area (Å²) >= 11 is 5.90. The van der Waals surface area contributed by atoms with Crippen molar-refractivity contribution in [2.45, 2.75) is 32.6 Å². The monoisotopic (exact) mass is 367 g/mol. The van der Waals surface area contributed by atoms with Gasteiger partial charge in [0.15, 0.2) is 0 Å². The maximum atomic E-state index is 12.6. The molecule has 0 saturated heterocycles. The van der Waals surface area contributed by atoms with Gasteiger partial charge in [0.05, 0.1) is 5.69 Å². The number of pyridine rings is 1. The van der Waals surface area contributed by atoms with Crippen LogP contribution in [0, 0.1) is 12.8 Å². The molecule has 1 atom stereocenters. The number of carbonyl (C=O) groups is 1. The van der Waals surface area contributed by atoms with Crippen molar-refractivity contribution >= 4 is 23.2 Å². The summed E-state index contributed by atoms with van der Waals surface area (Å²) < 4.78 is 2.13. The van der Waals surface area contributed by atoms with E-state index in [4.69, 9.17) is 16.6 Å². The molecule has 1 amide bonds. The molecular formula is C21H22ClN3O. The second-order valence-corrected chi connectivity index (χ2v) is 7.48. The zero-order chi connectivity index (χ0) is 18.1. The first-order valence-electron chi connectivity index (χ1n) is 9.09. The summed E-state index contributed by atoms with van der Waals surface area (Å²) in [5, 5.41) is 3.83. The smallest absolute Gasteiger partial charge is 0.223 e. The highest BCUT2D eigenvalue weighted by Crippen LogP contribution is 2.26. The molecule has 0 aliphatic heterocycles. The van der Waals surface area contributed by atoms with Crippen molar-refractivity contribution in [2.75, 3.05) is 6.54 Å². The molecule has 0 saturated carbocycles. The Hall–Kier alpha value is -2.33. The topological polar surface area (TPSA) is 46.4 Å². The van der Waals surface area contributed by atoms with E-state index >= 15 is 0 Å². The van der Waals surface area contributed by atoms with Gasteiger partial charge >= 0.3 is 0 Å². The van der Waals surface area contributed by atoms with Gasteiger partial charge in [0.2, 0.25) is 5.91 Å². The van der Waals surface area contributed by atoms with E-state index in [2.05, 4.69) is 35.0 Å². The highest BCUT2D eigenvalue weighted by atomic mass is 35.5. The number of hydrogen-bond acceptors (Lipinski definition) is 2. The number of carbonyl (C=O) groups excluding carboxylic acids is 1. The predicted molar refractivity (Wildman–Crippen MR) is 104 cm³/mol. The van der Waals surface area contributed by atoms with E-state index in [1.807, 2.05) is 24.3 Å². The Morgan fingerprint density at radius 3 is 2.92 bits per heavy atom. The molecule has 0 spiro atoms. The van der Waals surface area contributed by atoms with Crippen molar-refractivity contribution in [3.8, 4) is 0 Å². The SMILES string of the molecule is Cc1ccn2c3c(nc2c1)CCC(C(=O)NCCc1ccc(Cl)cc1)C3. The molecule has 4 rings (SSSR count). The van der Waals surface area contributed by atoms with Gasteiger partial charge in [-0.25, -0.2) is 4.98 Å². The number of nitrogens with zero attached hydrogens (tertiary/aromatic N) is 2. The number of imidazole rings is 1. The Morgan fingerprint density at radius 2 is 2.12 bits per heavy atom. The molecule has 1 N–H and O–H groups in total. The van der Waals surface area contributed by atoms with E-state index in [1.165, 1.54) is 16.8 Å². The summed E-state index contributed by atoms with van der Waals surface area (Å²) in [4.78, 5) is 17.3. The average molecular weight is 368 g/mol. The fraction of sp³-hybridized carbons (Fsp3) is 0.333. The first kappa shape index (κ1) is 17.1. The number of rotatable bonds is 4. The lowest BCUT2D eigenvalue weighted by molar-refractivity contribution is -0.125. The van der Waals surface area contributed by atoms with Crippen LogP contribution >= 0.6 is 11.6 Å². The Labute approximate surface area is 158 Å². The lowest BCUT2D eigenvalue weighted by Gasteiger charge is -2.21. The normalized spacial score (nSPS) is 16.5. The number of aromatic nitrogens is 2. The van der Waals surface area contributed by atoms with Crippen LogP contribution < -0.4 is 5.32 Å². The van der Waals surface area contributed by atoms with Crippen LogP contribution in [0.1, 0.15) is 28.9 Å². The van der Waals surface area contributed by atoms with Gasteiger partial charge in [-0.3, -0.25) is 4.79 Å². The van der Waals surface area contributed by atoms with Gasteiger partial charge in [-0.05, 0) is 61.6 Å². The van der Waals surface area contributed by atoms with E-state index in [0.29, 0.717) is 6.54 Å². The molecule has 1 aromatic carbocycles. The van der Waals surface area contributed by atoms with E-state index in [-0.39, 0.29) is 11.8 Å². The van der Waals surface area contributed by atoms with Gasteiger partial charge in [0.25, 0.3) is 0 Å². The van der Waals surface area contributed by atoms with Crippen molar-refractivity contribution in [1.29, 1.82) is 0 Å². The Balaban J connectivity index is 1.39. The summed E-state index contributed by atoms with van der Waals surface area (Å²) in [6.45, 7) is 2.72. The van der Waals surface area contributed by atoms with E-state index < -0.39 is 0 Å². The van der Waals surface area contributed by atoms with Crippen LogP contribution in [-0.4, -0.2) is 21.8 Å². The largest absolute Gasteiger partial charge is 0.356 e. The van der Waals surface area contributed by atoms with Gasteiger partial charge < -0.3 is 9.72 Å².